The average molecular weight is 510 g/mol. The molecule has 1 atom stereocenters. The van der Waals surface area contributed by atoms with Crippen LogP contribution in [0.2, 0.25) is 10.0 Å². The molecule has 0 aliphatic carbocycles. The number of H-pyrrole nitrogens is 1. The molecule has 0 saturated carbocycles. The van der Waals surface area contributed by atoms with Gasteiger partial charge in [0.05, 0.1) is 35.9 Å². The lowest BCUT2D eigenvalue weighted by Gasteiger charge is -2.39. The number of hydrogen-bond donors (Lipinski definition) is 1. The molecule has 1 amide bonds. The zero-order valence-corrected chi connectivity index (χ0v) is 20.5. The van der Waals surface area contributed by atoms with E-state index in [1.807, 2.05) is 36.4 Å². The Kier molecular flexibility index (Phi) is 6.32. The molecule has 5 rings (SSSR count). The number of ether oxygens (including phenoxy) is 2. The number of rotatable bonds is 5. The Morgan fingerprint density at radius 3 is 2.54 bits per heavy atom. The van der Waals surface area contributed by atoms with Crippen LogP contribution in [0.15, 0.2) is 54.6 Å². The molecular weight excluding hydrogens is 489 g/mol. The van der Waals surface area contributed by atoms with Gasteiger partial charge < -0.3 is 14.4 Å². The number of hydrogen-bond acceptors (Lipinski definition) is 6. The molecule has 35 heavy (non-hydrogen) atoms. The van der Waals surface area contributed by atoms with Crippen molar-refractivity contribution in [2.24, 2.45) is 0 Å². The zero-order valence-electron chi connectivity index (χ0n) is 19.0. The normalized spacial score (nSPS) is 15.0. The maximum absolute atomic E-state index is 14.2. The lowest BCUT2D eigenvalue weighted by atomic mass is 9.86. The number of halogens is 2. The summed E-state index contributed by atoms with van der Waals surface area (Å²) in [4.78, 5) is 15.9. The SMILES string of the molecule is COc1ccc(OC)c2c1CCN(C(=O)c1ccccc1-c1nnn[nH]1)C2c1cccc(Cl)c1Cl. The second-order valence-corrected chi connectivity index (χ2v) is 8.74. The highest BCUT2D eigenvalue weighted by molar-refractivity contribution is 6.42. The van der Waals surface area contributed by atoms with Crippen LogP contribution in [0.4, 0.5) is 0 Å². The third kappa shape index (κ3) is 3.98. The molecule has 0 spiro atoms. The summed E-state index contributed by atoms with van der Waals surface area (Å²) < 4.78 is 11.4. The van der Waals surface area contributed by atoms with Crippen molar-refractivity contribution in [1.29, 1.82) is 0 Å². The Morgan fingerprint density at radius 1 is 1.03 bits per heavy atom. The fourth-order valence-corrected chi connectivity index (χ4v) is 5.06. The van der Waals surface area contributed by atoms with E-state index in [0.29, 0.717) is 51.3 Å². The maximum Gasteiger partial charge on any atom is 0.255 e. The summed E-state index contributed by atoms with van der Waals surface area (Å²) in [6, 6.07) is 15.8. The van der Waals surface area contributed by atoms with E-state index in [2.05, 4.69) is 20.6 Å². The van der Waals surface area contributed by atoms with Crippen LogP contribution in [0.3, 0.4) is 0 Å². The Bertz CT molecular complexity index is 1390. The van der Waals surface area contributed by atoms with Gasteiger partial charge in [0.15, 0.2) is 5.82 Å². The molecule has 4 aromatic rings. The first kappa shape index (κ1) is 23.1. The molecule has 1 aliphatic heterocycles. The van der Waals surface area contributed by atoms with Crippen LogP contribution >= 0.6 is 23.2 Å². The van der Waals surface area contributed by atoms with Crippen LogP contribution in [-0.2, 0) is 6.42 Å². The molecule has 0 saturated heterocycles. The number of aromatic amines is 1. The molecule has 1 aliphatic rings. The van der Waals surface area contributed by atoms with Crippen LogP contribution in [0.5, 0.6) is 11.5 Å². The van der Waals surface area contributed by atoms with E-state index in [1.54, 1.807) is 37.3 Å². The molecule has 2 heterocycles. The van der Waals surface area contributed by atoms with E-state index in [-0.39, 0.29) is 5.91 Å². The summed E-state index contributed by atoms with van der Waals surface area (Å²) in [5, 5.41) is 14.8. The third-order valence-electron chi connectivity index (χ3n) is 6.20. The molecule has 3 aromatic carbocycles. The molecule has 10 heteroatoms. The number of benzene rings is 3. The standard InChI is InChI=1S/C25H21Cl2N5O3/c1-34-19-10-11-20(35-2)21-16(19)12-13-32(23(21)17-8-5-9-18(26)22(17)27)25(33)15-7-4-3-6-14(15)24-28-30-31-29-24/h3-11,23H,12-13H2,1-2H3,(H,28,29,30,31). The van der Waals surface area contributed by atoms with Crippen molar-refractivity contribution < 1.29 is 14.3 Å². The molecule has 1 aromatic heterocycles. The van der Waals surface area contributed by atoms with E-state index in [1.165, 1.54) is 0 Å². The minimum atomic E-state index is -0.566. The fraction of sp³-hybridized carbons (Fsp3) is 0.200. The fourth-order valence-electron chi connectivity index (χ4n) is 4.65. The summed E-state index contributed by atoms with van der Waals surface area (Å²) >= 11 is 13.1. The average Bonchev–Trinajstić information content (AvgIpc) is 3.43. The van der Waals surface area contributed by atoms with Gasteiger partial charge in [-0.05, 0) is 46.7 Å². The summed E-state index contributed by atoms with van der Waals surface area (Å²) in [7, 11) is 3.23. The van der Waals surface area contributed by atoms with Crippen molar-refractivity contribution >= 4 is 29.1 Å². The van der Waals surface area contributed by atoms with Gasteiger partial charge >= 0.3 is 0 Å². The molecule has 8 nitrogen and oxygen atoms in total. The minimum Gasteiger partial charge on any atom is -0.496 e. The molecule has 1 N–H and O–H groups in total. The lowest BCUT2D eigenvalue weighted by Crippen LogP contribution is -2.41. The number of fused-ring (bicyclic) bond motifs is 1. The van der Waals surface area contributed by atoms with Gasteiger partial charge in [0.25, 0.3) is 5.91 Å². The Balaban J connectivity index is 1.72. The summed E-state index contributed by atoms with van der Waals surface area (Å²) in [5.74, 6) is 1.56. The number of aromatic nitrogens is 4. The Hall–Kier alpha value is -3.62. The largest absolute Gasteiger partial charge is 0.496 e. The first-order valence-electron chi connectivity index (χ1n) is 10.9. The highest BCUT2D eigenvalue weighted by Gasteiger charge is 2.38. The van der Waals surface area contributed by atoms with Crippen molar-refractivity contribution in [3.05, 3.63) is 86.9 Å². The van der Waals surface area contributed by atoms with Crippen LogP contribution in [0, 0.1) is 0 Å². The van der Waals surface area contributed by atoms with Gasteiger partial charge in [0.1, 0.15) is 11.5 Å². The number of nitrogens with one attached hydrogen (secondary N) is 1. The Morgan fingerprint density at radius 2 is 1.80 bits per heavy atom. The molecule has 1 unspecified atom stereocenters. The van der Waals surface area contributed by atoms with Crippen molar-refractivity contribution in [3.63, 3.8) is 0 Å². The van der Waals surface area contributed by atoms with E-state index in [9.17, 15) is 4.79 Å². The van der Waals surface area contributed by atoms with Gasteiger partial charge in [-0.15, -0.1) is 5.10 Å². The predicted octanol–water partition coefficient (Wildman–Crippen LogP) is 4.98. The van der Waals surface area contributed by atoms with E-state index in [0.717, 1.165) is 16.9 Å². The smallest absolute Gasteiger partial charge is 0.255 e. The van der Waals surface area contributed by atoms with Crippen molar-refractivity contribution in [1.82, 2.24) is 25.5 Å². The molecule has 0 fully saturated rings. The quantitative estimate of drug-likeness (QED) is 0.407. The number of methoxy groups -OCH3 is 2. The number of tetrazole rings is 1. The van der Waals surface area contributed by atoms with Gasteiger partial charge in [-0.25, -0.2) is 5.10 Å². The molecule has 178 valence electrons. The van der Waals surface area contributed by atoms with Gasteiger partial charge in [0.2, 0.25) is 0 Å². The monoisotopic (exact) mass is 509 g/mol. The highest BCUT2D eigenvalue weighted by Crippen LogP contribution is 2.47. The van der Waals surface area contributed by atoms with E-state index < -0.39 is 6.04 Å². The van der Waals surface area contributed by atoms with Gasteiger partial charge in [-0.3, -0.25) is 4.79 Å². The number of carbonyl (C=O) groups is 1. The van der Waals surface area contributed by atoms with Crippen LogP contribution in [0.25, 0.3) is 11.4 Å². The summed E-state index contributed by atoms with van der Waals surface area (Å²) in [6.45, 7) is 0.422. The second-order valence-electron chi connectivity index (χ2n) is 7.95. The first-order valence-corrected chi connectivity index (χ1v) is 11.6. The molecule has 0 radical (unpaired) electrons. The van der Waals surface area contributed by atoms with Gasteiger partial charge in [-0.2, -0.15) is 0 Å². The van der Waals surface area contributed by atoms with Crippen molar-refractivity contribution in [2.75, 3.05) is 20.8 Å². The zero-order chi connectivity index (χ0) is 24.5. The summed E-state index contributed by atoms with van der Waals surface area (Å²) in [5.41, 5.74) is 3.53. The van der Waals surface area contributed by atoms with Crippen LogP contribution in [0.1, 0.15) is 33.1 Å². The topological polar surface area (TPSA) is 93.2 Å². The number of carbonyl (C=O) groups excluding carboxylic acids is 1. The Labute approximate surface area is 211 Å². The van der Waals surface area contributed by atoms with Crippen LogP contribution < -0.4 is 9.47 Å². The van der Waals surface area contributed by atoms with Gasteiger partial charge in [0, 0.05) is 23.2 Å². The predicted molar refractivity (Wildman–Crippen MR) is 132 cm³/mol. The van der Waals surface area contributed by atoms with Crippen molar-refractivity contribution in [3.8, 4) is 22.9 Å². The lowest BCUT2D eigenvalue weighted by molar-refractivity contribution is 0.0692. The molecular formula is C25H21Cl2N5O3. The minimum absolute atomic E-state index is 0.200. The summed E-state index contributed by atoms with van der Waals surface area (Å²) in [6.07, 6.45) is 0.572. The molecule has 0 bridgehead atoms. The number of nitrogens with zero attached hydrogens (tertiary/aromatic N) is 4. The van der Waals surface area contributed by atoms with Gasteiger partial charge in [-0.1, -0.05) is 53.5 Å². The van der Waals surface area contributed by atoms with E-state index in [4.69, 9.17) is 32.7 Å². The number of amides is 1. The third-order valence-corrected chi connectivity index (χ3v) is 7.03. The second kappa shape index (κ2) is 9.56. The highest BCUT2D eigenvalue weighted by atomic mass is 35.5. The van der Waals surface area contributed by atoms with E-state index >= 15 is 0 Å². The van der Waals surface area contributed by atoms with Crippen molar-refractivity contribution in [2.45, 2.75) is 12.5 Å². The maximum atomic E-state index is 14.2. The van der Waals surface area contributed by atoms with Crippen LogP contribution in [-0.4, -0.2) is 52.2 Å². The first-order chi connectivity index (χ1) is 17.0.